The maximum atomic E-state index is 12.0. The van der Waals surface area contributed by atoms with Crippen molar-refractivity contribution in [3.05, 3.63) is 0 Å². The first-order chi connectivity index (χ1) is 10.1. The van der Waals surface area contributed by atoms with Crippen molar-refractivity contribution >= 4 is 23.6 Å². The van der Waals surface area contributed by atoms with Crippen molar-refractivity contribution in [2.24, 2.45) is 5.92 Å². The van der Waals surface area contributed by atoms with Crippen LogP contribution in [0.5, 0.6) is 0 Å². The summed E-state index contributed by atoms with van der Waals surface area (Å²) in [5.41, 5.74) is 0. The number of carbonyl (C=O) groups excluding carboxylic acids is 2. The van der Waals surface area contributed by atoms with Crippen LogP contribution in [0.25, 0.3) is 0 Å². The first-order valence-corrected chi connectivity index (χ1v) is 8.62. The Labute approximate surface area is 129 Å². The normalized spacial score (nSPS) is 24.2. The molecule has 120 valence electrons. The van der Waals surface area contributed by atoms with Gasteiger partial charge in [-0.1, -0.05) is 0 Å². The van der Waals surface area contributed by atoms with Gasteiger partial charge in [0.25, 0.3) is 0 Å². The molecule has 2 atom stereocenters. The molecule has 0 radical (unpaired) electrons. The van der Waals surface area contributed by atoms with Crippen LogP contribution < -0.4 is 0 Å². The average molecular weight is 316 g/mol. The topological polar surface area (TPSA) is 70.1 Å². The fourth-order valence-electron chi connectivity index (χ4n) is 2.63. The minimum absolute atomic E-state index is 0.0675. The summed E-state index contributed by atoms with van der Waals surface area (Å²) < 4.78 is 5.21. The van der Waals surface area contributed by atoms with Gasteiger partial charge < -0.3 is 19.6 Å². The molecule has 0 aliphatic carbocycles. The van der Waals surface area contributed by atoms with Crippen LogP contribution >= 0.6 is 11.8 Å². The zero-order chi connectivity index (χ0) is 15.2. The van der Waals surface area contributed by atoms with Crippen LogP contribution in [-0.2, 0) is 14.3 Å². The van der Waals surface area contributed by atoms with Crippen molar-refractivity contribution in [3.8, 4) is 0 Å². The molecule has 0 aromatic carbocycles. The Morgan fingerprint density at radius 2 is 1.81 bits per heavy atom. The van der Waals surface area contributed by atoms with Crippen LogP contribution in [0.4, 0.5) is 0 Å². The van der Waals surface area contributed by atoms with Gasteiger partial charge in [0.2, 0.25) is 11.8 Å². The predicted molar refractivity (Wildman–Crippen MR) is 81.1 cm³/mol. The summed E-state index contributed by atoms with van der Waals surface area (Å²) in [4.78, 5) is 27.6. The van der Waals surface area contributed by atoms with E-state index < -0.39 is 0 Å². The molecule has 2 saturated heterocycles. The number of carbonyl (C=O) groups is 2. The zero-order valence-electron chi connectivity index (χ0n) is 12.5. The highest BCUT2D eigenvalue weighted by molar-refractivity contribution is 8.00. The Kier molecular flexibility index (Phi) is 6.32. The summed E-state index contributed by atoms with van der Waals surface area (Å²) in [6.45, 7) is 5.62. The van der Waals surface area contributed by atoms with Crippen LogP contribution in [0.15, 0.2) is 0 Å². The van der Waals surface area contributed by atoms with Gasteiger partial charge in [-0.15, -0.1) is 11.8 Å². The molecule has 2 aliphatic heterocycles. The van der Waals surface area contributed by atoms with Crippen molar-refractivity contribution in [1.29, 1.82) is 0 Å². The quantitative estimate of drug-likeness (QED) is 0.761. The number of hydrogen-bond acceptors (Lipinski definition) is 5. The number of rotatable bonds is 5. The lowest BCUT2D eigenvalue weighted by atomic mass is 10.0. The van der Waals surface area contributed by atoms with E-state index in [2.05, 4.69) is 0 Å². The first-order valence-electron chi connectivity index (χ1n) is 7.47. The van der Waals surface area contributed by atoms with Crippen LogP contribution in [0, 0.1) is 5.92 Å². The molecule has 2 unspecified atom stereocenters. The summed E-state index contributed by atoms with van der Waals surface area (Å²) in [5.74, 6) is 1.02. The molecule has 2 rings (SSSR count). The number of likely N-dealkylation sites (tertiary alicyclic amines) is 1. The van der Waals surface area contributed by atoms with E-state index in [9.17, 15) is 14.7 Å². The largest absolute Gasteiger partial charge is 0.393 e. The second-order valence-electron chi connectivity index (χ2n) is 5.62. The summed E-state index contributed by atoms with van der Waals surface area (Å²) >= 11 is 1.37. The molecule has 0 aromatic rings. The van der Waals surface area contributed by atoms with Crippen molar-refractivity contribution in [2.75, 3.05) is 50.9 Å². The number of amides is 2. The van der Waals surface area contributed by atoms with Crippen molar-refractivity contribution in [2.45, 2.75) is 19.4 Å². The molecular formula is C14H24N2O4S. The lowest BCUT2D eigenvalue weighted by Crippen LogP contribution is -2.41. The fourth-order valence-corrected chi connectivity index (χ4v) is 3.45. The molecule has 1 N–H and O–H groups in total. The molecular weight excluding hydrogens is 292 g/mol. The van der Waals surface area contributed by atoms with E-state index in [-0.39, 0.29) is 23.8 Å². The Morgan fingerprint density at radius 1 is 1.19 bits per heavy atom. The number of hydrogen-bond donors (Lipinski definition) is 1. The van der Waals surface area contributed by atoms with Gasteiger partial charge in [0.05, 0.1) is 30.8 Å². The van der Waals surface area contributed by atoms with Crippen LogP contribution in [-0.4, -0.2) is 83.7 Å². The maximum absolute atomic E-state index is 12.0. The predicted octanol–water partition coefficient (Wildman–Crippen LogP) is -0.192. The zero-order valence-corrected chi connectivity index (χ0v) is 13.3. The van der Waals surface area contributed by atoms with E-state index in [4.69, 9.17) is 4.74 Å². The van der Waals surface area contributed by atoms with Gasteiger partial charge in [-0.3, -0.25) is 9.59 Å². The number of ether oxygens (including phenoxy) is 1. The summed E-state index contributed by atoms with van der Waals surface area (Å²) in [7, 11) is 0. The van der Waals surface area contributed by atoms with Gasteiger partial charge in [-0.25, -0.2) is 0 Å². The van der Waals surface area contributed by atoms with Crippen LogP contribution in [0.1, 0.15) is 13.3 Å². The van der Waals surface area contributed by atoms with Crippen molar-refractivity contribution in [3.63, 3.8) is 0 Å². The monoisotopic (exact) mass is 316 g/mol. The number of morpholine rings is 1. The lowest BCUT2D eigenvalue weighted by Gasteiger charge is -2.26. The second-order valence-corrected chi connectivity index (χ2v) is 6.60. The summed E-state index contributed by atoms with van der Waals surface area (Å²) in [5, 5.41) is 9.54. The molecule has 6 nitrogen and oxygen atoms in total. The standard InChI is InChI=1S/C14H24N2O4S/c1-11(17)12-2-3-16(8-12)14(19)10-21-9-13(18)15-4-6-20-7-5-15/h11-12,17H,2-10H2,1H3. The third-order valence-electron chi connectivity index (χ3n) is 4.07. The molecule has 2 aliphatic rings. The molecule has 0 saturated carbocycles. The lowest BCUT2D eigenvalue weighted by molar-refractivity contribution is -0.132. The van der Waals surface area contributed by atoms with E-state index in [0.29, 0.717) is 50.9 Å². The Balaban J connectivity index is 1.64. The van der Waals surface area contributed by atoms with Gasteiger partial charge in [0.1, 0.15) is 0 Å². The molecule has 2 amide bonds. The van der Waals surface area contributed by atoms with E-state index in [1.165, 1.54) is 11.8 Å². The van der Waals surface area contributed by atoms with E-state index in [1.807, 2.05) is 0 Å². The number of aliphatic hydroxyl groups is 1. The first kappa shape index (κ1) is 16.6. The SMILES string of the molecule is CC(O)C1CCN(C(=O)CSCC(=O)N2CCOCC2)C1. The van der Waals surface area contributed by atoms with E-state index in [1.54, 1.807) is 16.7 Å². The Hall–Kier alpha value is -0.790. The summed E-state index contributed by atoms with van der Waals surface area (Å²) in [6, 6.07) is 0. The molecule has 2 fully saturated rings. The Morgan fingerprint density at radius 3 is 2.38 bits per heavy atom. The fraction of sp³-hybridized carbons (Fsp3) is 0.857. The molecule has 0 bridgehead atoms. The molecule has 2 heterocycles. The van der Waals surface area contributed by atoms with Gasteiger partial charge in [0.15, 0.2) is 0 Å². The smallest absolute Gasteiger partial charge is 0.232 e. The van der Waals surface area contributed by atoms with Crippen molar-refractivity contribution < 1.29 is 19.4 Å². The maximum Gasteiger partial charge on any atom is 0.232 e. The van der Waals surface area contributed by atoms with E-state index >= 15 is 0 Å². The molecule has 21 heavy (non-hydrogen) atoms. The number of nitrogens with zero attached hydrogens (tertiary/aromatic N) is 2. The highest BCUT2D eigenvalue weighted by Gasteiger charge is 2.29. The highest BCUT2D eigenvalue weighted by atomic mass is 32.2. The van der Waals surface area contributed by atoms with Crippen LogP contribution in [0.3, 0.4) is 0 Å². The molecule has 0 aromatic heterocycles. The third-order valence-corrected chi connectivity index (χ3v) is 4.98. The molecule has 0 spiro atoms. The van der Waals surface area contributed by atoms with Crippen molar-refractivity contribution in [1.82, 2.24) is 9.80 Å². The minimum Gasteiger partial charge on any atom is -0.393 e. The number of aliphatic hydroxyl groups excluding tert-OH is 1. The van der Waals surface area contributed by atoms with Gasteiger partial charge in [0, 0.05) is 32.1 Å². The number of thioether (sulfide) groups is 1. The second kappa shape index (κ2) is 8.00. The molecule has 7 heteroatoms. The van der Waals surface area contributed by atoms with E-state index in [0.717, 1.165) is 6.42 Å². The highest BCUT2D eigenvalue weighted by Crippen LogP contribution is 2.20. The van der Waals surface area contributed by atoms with Gasteiger partial charge in [-0.2, -0.15) is 0 Å². The minimum atomic E-state index is -0.363. The van der Waals surface area contributed by atoms with Crippen LogP contribution in [0.2, 0.25) is 0 Å². The Bertz CT molecular complexity index is 372. The summed E-state index contributed by atoms with van der Waals surface area (Å²) in [6.07, 6.45) is 0.499. The average Bonchev–Trinajstić information content (AvgIpc) is 2.98. The van der Waals surface area contributed by atoms with Gasteiger partial charge >= 0.3 is 0 Å². The van der Waals surface area contributed by atoms with Gasteiger partial charge in [-0.05, 0) is 13.3 Å². The third kappa shape index (κ3) is 4.86.